The van der Waals surface area contributed by atoms with Gasteiger partial charge in [0.25, 0.3) is 5.91 Å². The first-order valence-corrected chi connectivity index (χ1v) is 8.28. The zero-order valence-electron chi connectivity index (χ0n) is 14.6. The number of amides is 2. The number of hydrogen-bond donors (Lipinski definition) is 2. The van der Waals surface area contributed by atoms with E-state index in [2.05, 4.69) is 15.8 Å². The van der Waals surface area contributed by atoms with Crippen LogP contribution in [0.15, 0.2) is 54.6 Å². The molecule has 3 rings (SSSR count). The van der Waals surface area contributed by atoms with Gasteiger partial charge in [-0.2, -0.15) is 0 Å². The normalized spacial score (nSPS) is 10.4. The minimum absolute atomic E-state index is 0.220. The van der Waals surface area contributed by atoms with Crippen molar-refractivity contribution in [1.82, 2.24) is 15.8 Å². The van der Waals surface area contributed by atoms with Crippen molar-refractivity contribution in [2.24, 2.45) is 0 Å². The standard InChI is InChI=1S/C20H19N3O3/c1-3-26-20(25)23-22-19(24)16-12-18(14-10-8-13(2)9-11-14)21-17-7-5-4-6-15(16)17/h4-12H,3H2,1-2H3,(H,22,24)(H,23,25). The number of rotatable bonds is 3. The number of hydrogen-bond acceptors (Lipinski definition) is 4. The molecule has 0 aliphatic heterocycles. The summed E-state index contributed by atoms with van der Waals surface area (Å²) in [6, 6.07) is 17.0. The number of carbonyl (C=O) groups is 2. The molecule has 0 bridgehead atoms. The van der Waals surface area contributed by atoms with Gasteiger partial charge in [0.05, 0.1) is 23.4 Å². The molecule has 0 saturated carbocycles. The van der Waals surface area contributed by atoms with Crippen molar-refractivity contribution in [2.75, 3.05) is 6.61 Å². The SMILES string of the molecule is CCOC(=O)NNC(=O)c1cc(-c2ccc(C)cc2)nc2ccccc12. The van der Waals surface area contributed by atoms with E-state index in [1.807, 2.05) is 55.5 Å². The second-order valence-electron chi connectivity index (χ2n) is 5.74. The van der Waals surface area contributed by atoms with E-state index in [0.29, 0.717) is 22.2 Å². The van der Waals surface area contributed by atoms with E-state index < -0.39 is 12.0 Å². The van der Waals surface area contributed by atoms with Gasteiger partial charge in [0.15, 0.2) is 0 Å². The summed E-state index contributed by atoms with van der Waals surface area (Å²) in [5.41, 5.74) is 8.47. The number of pyridine rings is 1. The number of para-hydroxylation sites is 1. The summed E-state index contributed by atoms with van der Waals surface area (Å²) >= 11 is 0. The lowest BCUT2D eigenvalue weighted by atomic mass is 10.0. The molecule has 0 spiro atoms. The van der Waals surface area contributed by atoms with Crippen LogP contribution < -0.4 is 10.9 Å². The van der Waals surface area contributed by atoms with Gasteiger partial charge in [0.2, 0.25) is 0 Å². The summed E-state index contributed by atoms with van der Waals surface area (Å²) < 4.78 is 4.74. The maximum absolute atomic E-state index is 12.6. The van der Waals surface area contributed by atoms with Crippen molar-refractivity contribution < 1.29 is 14.3 Å². The summed E-state index contributed by atoms with van der Waals surface area (Å²) in [6.07, 6.45) is -0.710. The van der Waals surface area contributed by atoms with Gasteiger partial charge in [-0.1, -0.05) is 48.0 Å². The number of hydrazine groups is 1. The largest absolute Gasteiger partial charge is 0.449 e. The molecule has 0 saturated heterocycles. The van der Waals surface area contributed by atoms with Crippen molar-refractivity contribution in [3.63, 3.8) is 0 Å². The van der Waals surface area contributed by atoms with Crippen molar-refractivity contribution in [2.45, 2.75) is 13.8 Å². The third-order valence-electron chi connectivity index (χ3n) is 3.86. The molecule has 0 aliphatic carbocycles. The third kappa shape index (κ3) is 3.80. The van der Waals surface area contributed by atoms with E-state index in [9.17, 15) is 9.59 Å². The van der Waals surface area contributed by atoms with Crippen LogP contribution in [0.4, 0.5) is 4.79 Å². The number of aromatic nitrogens is 1. The van der Waals surface area contributed by atoms with Crippen LogP contribution in [0.1, 0.15) is 22.8 Å². The van der Waals surface area contributed by atoms with Crippen molar-refractivity contribution >= 4 is 22.9 Å². The van der Waals surface area contributed by atoms with Crippen LogP contribution >= 0.6 is 0 Å². The van der Waals surface area contributed by atoms with E-state index in [4.69, 9.17) is 4.74 Å². The Bertz CT molecular complexity index is 952. The van der Waals surface area contributed by atoms with Crippen molar-refractivity contribution in [3.8, 4) is 11.3 Å². The Morgan fingerprint density at radius 1 is 1.04 bits per heavy atom. The van der Waals surface area contributed by atoms with Gasteiger partial charge in [-0.25, -0.2) is 15.2 Å². The number of aryl methyl sites for hydroxylation is 1. The van der Waals surface area contributed by atoms with Gasteiger partial charge in [-0.3, -0.25) is 10.2 Å². The minimum atomic E-state index is -0.710. The Hall–Kier alpha value is -3.41. The number of nitrogens with zero attached hydrogens (tertiary/aromatic N) is 1. The average Bonchev–Trinajstić information content (AvgIpc) is 2.66. The van der Waals surface area contributed by atoms with E-state index >= 15 is 0 Å². The second-order valence-corrected chi connectivity index (χ2v) is 5.74. The molecular formula is C20H19N3O3. The van der Waals surface area contributed by atoms with Gasteiger partial charge < -0.3 is 4.74 Å². The highest BCUT2D eigenvalue weighted by Gasteiger charge is 2.14. The minimum Gasteiger partial charge on any atom is -0.449 e. The highest BCUT2D eigenvalue weighted by molar-refractivity contribution is 6.07. The smallest absolute Gasteiger partial charge is 0.426 e. The van der Waals surface area contributed by atoms with Crippen LogP contribution in [-0.2, 0) is 4.74 Å². The zero-order valence-corrected chi connectivity index (χ0v) is 14.6. The molecule has 0 fully saturated rings. The lowest BCUT2D eigenvalue weighted by molar-refractivity contribution is 0.0914. The van der Waals surface area contributed by atoms with Crippen LogP contribution in [0.25, 0.3) is 22.2 Å². The number of carbonyl (C=O) groups excluding carboxylic acids is 2. The summed E-state index contributed by atoms with van der Waals surface area (Å²) in [7, 11) is 0. The monoisotopic (exact) mass is 349 g/mol. The molecule has 0 radical (unpaired) electrons. The quantitative estimate of drug-likeness (QED) is 0.708. The van der Waals surface area contributed by atoms with E-state index in [1.165, 1.54) is 0 Å². The summed E-state index contributed by atoms with van der Waals surface area (Å²) in [5, 5.41) is 0.700. The van der Waals surface area contributed by atoms with Gasteiger partial charge in [0.1, 0.15) is 0 Å². The number of benzene rings is 2. The predicted octanol–water partition coefficient (Wildman–Crippen LogP) is 3.60. The summed E-state index contributed by atoms with van der Waals surface area (Å²) in [5.74, 6) is -0.440. The molecule has 26 heavy (non-hydrogen) atoms. The van der Waals surface area contributed by atoms with Crippen molar-refractivity contribution in [3.05, 3.63) is 65.7 Å². The third-order valence-corrected chi connectivity index (χ3v) is 3.86. The molecule has 6 heteroatoms. The Morgan fingerprint density at radius 2 is 1.77 bits per heavy atom. The van der Waals surface area contributed by atoms with Gasteiger partial charge in [0, 0.05) is 10.9 Å². The summed E-state index contributed by atoms with van der Waals surface area (Å²) in [6.45, 7) is 3.92. The lowest BCUT2D eigenvalue weighted by Gasteiger charge is -2.11. The van der Waals surface area contributed by atoms with Gasteiger partial charge in [-0.05, 0) is 26.0 Å². The highest BCUT2D eigenvalue weighted by atomic mass is 16.5. The van der Waals surface area contributed by atoms with Crippen LogP contribution in [0.5, 0.6) is 0 Å². The molecular weight excluding hydrogens is 330 g/mol. The number of ether oxygens (including phenoxy) is 1. The van der Waals surface area contributed by atoms with Crippen LogP contribution in [0, 0.1) is 6.92 Å². The average molecular weight is 349 g/mol. The van der Waals surface area contributed by atoms with Crippen LogP contribution in [0.2, 0.25) is 0 Å². The zero-order chi connectivity index (χ0) is 18.5. The Labute approximate surface area is 151 Å². The maximum Gasteiger partial charge on any atom is 0.426 e. The predicted molar refractivity (Wildman–Crippen MR) is 99.5 cm³/mol. The number of nitrogens with one attached hydrogen (secondary N) is 2. The van der Waals surface area contributed by atoms with Gasteiger partial charge >= 0.3 is 6.09 Å². The fourth-order valence-corrected chi connectivity index (χ4v) is 2.58. The molecule has 0 aliphatic rings. The first kappa shape index (κ1) is 17.4. The first-order valence-electron chi connectivity index (χ1n) is 8.28. The van der Waals surface area contributed by atoms with Crippen LogP contribution in [-0.4, -0.2) is 23.6 Å². The molecule has 3 aromatic rings. The van der Waals surface area contributed by atoms with Gasteiger partial charge in [-0.15, -0.1) is 0 Å². The molecule has 0 unspecified atom stereocenters. The lowest BCUT2D eigenvalue weighted by Crippen LogP contribution is -2.42. The fourth-order valence-electron chi connectivity index (χ4n) is 2.58. The molecule has 6 nitrogen and oxygen atoms in total. The second kappa shape index (κ2) is 7.65. The van der Waals surface area contributed by atoms with E-state index in [1.54, 1.807) is 13.0 Å². The van der Waals surface area contributed by atoms with E-state index in [-0.39, 0.29) is 6.61 Å². The number of fused-ring (bicyclic) bond motifs is 1. The highest BCUT2D eigenvalue weighted by Crippen LogP contribution is 2.25. The maximum atomic E-state index is 12.6. The fraction of sp³-hybridized carbons (Fsp3) is 0.150. The molecule has 1 aromatic heterocycles. The molecule has 132 valence electrons. The Kier molecular flexibility index (Phi) is 5.12. The van der Waals surface area contributed by atoms with Crippen molar-refractivity contribution in [1.29, 1.82) is 0 Å². The molecule has 2 N–H and O–H groups in total. The van der Waals surface area contributed by atoms with Crippen LogP contribution in [0.3, 0.4) is 0 Å². The van der Waals surface area contributed by atoms with E-state index in [0.717, 1.165) is 11.1 Å². The molecule has 0 atom stereocenters. The summed E-state index contributed by atoms with van der Waals surface area (Å²) in [4.78, 5) is 28.6. The Balaban J connectivity index is 1.98. The first-order chi connectivity index (χ1) is 12.6. The molecule has 2 aromatic carbocycles. The Morgan fingerprint density at radius 3 is 2.50 bits per heavy atom. The molecule has 2 amide bonds. The molecule has 1 heterocycles. The topological polar surface area (TPSA) is 80.3 Å².